The van der Waals surface area contributed by atoms with Gasteiger partial charge in [-0.2, -0.15) is 0 Å². The Morgan fingerprint density at radius 3 is 2.49 bits per heavy atom. The molecule has 3 aromatic carbocycles. The van der Waals surface area contributed by atoms with Crippen molar-refractivity contribution in [1.82, 2.24) is 10.3 Å². The van der Waals surface area contributed by atoms with E-state index in [0.717, 1.165) is 49.0 Å². The van der Waals surface area contributed by atoms with Crippen molar-refractivity contribution in [2.45, 2.75) is 39.0 Å². The minimum absolute atomic E-state index is 0.0820. The summed E-state index contributed by atoms with van der Waals surface area (Å²) in [4.78, 5) is 30.7. The molecule has 1 fully saturated rings. The summed E-state index contributed by atoms with van der Waals surface area (Å²) >= 11 is 5.31. The van der Waals surface area contributed by atoms with E-state index in [9.17, 15) is 14.9 Å². The fourth-order valence-corrected chi connectivity index (χ4v) is 4.88. The SMILES string of the molecule is CC(C)c1ccc2oc(-c3ccc(NC(=S)NC(=O)c4ccc(N5CCCCC5)c([N+](=O)[O-])c4)cc3)nc2c1. The van der Waals surface area contributed by atoms with Crippen LogP contribution >= 0.6 is 12.2 Å². The minimum atomic E-state index is -0.523. The highest BCUT2D eigenvalue weighted by atomic mass is 32.1. The normalized spacial score (nSPS) is 13.5. The summed E-state index contributed by atoms with van der Waals surface area (Å²) in [5.41, 5.74) is 4.82. The van der Waals surface area contributed by atoms with Crippen LogP contribution in [0.2, 0.25) is 0 Å². The number of amides is 1. The molecule has 1 aliphatic rings. The van der Waals surface area contributed by atoms with Crippen LogP contribution in [0.1, 0.15) is 54.9 Å². The molecule has 4 aromatic rings. The maximum Gasteiger partial charge on any atom is 0.293 e. The lowest BCUT2D eigenvalue weighted by atomic mass is 10.0. The number of rotatable bonds is 6. The Morgan fingerprint density at radius 1 is 1.05 bits per heavy atom. The lowest BCUT2D eigenvalue weighted by molar-refractivity contribution is -0.384. The van der Waals surface area contributed by atoms with Gasteiger partial charge in [-0.15, -0.1) is 0 Å². The maximum absolute atomic E-state index is 12.8. The standard InChI is InChI=1S/C29H29N5O4S/c1-18(2)20-9-13-26-23(16-20)31-28(38-26)19-6-10-22(11-7-19)30-29(39)32-27(35)21-8-12-24(25(17-21)34(36)37)33-14-4-3-5-15-33/h6-13,16-18H,3-5,14-15H2,1-2H3,(H2,30,32,35,39). The minimum Gasteiger partial charge on any atom is -0.436 e. The molecular formula is C29H29N5O4S. The fourth-order valence-electron chi connectivity index (χ4n) is 4.67. The summed E-state index contributed by atoms with van der Waals surface area (Å²) in [6.07, 6.45) is 3.11. The van der Waals surface area contributed by atoms with Crippen LogP contribution < -0.4 is 15.5 Å². The number of hydrogen-bond donors (Lipinski definition) is 2. The molecular weight excluding hydrogens is 514 g/mol. The number of carbonyl (C=O) groups is 1. The van der Waals surface area contributed by atoms with Crippen molar-refractivity contribution in [3.63, 3.8) is 0 Å². The van der Waals surface area contributed by atoms with Gasteiger partial charge in [-0.1, -0.05) is 19.9 Å². The molecule has 1 aromatic heterocycles. The third-order valence-corrected chi connectivity index (χ3v) is 7.03. The van der Waals surface area contributed by atoms with Crippen molar-refractivity contribution in [2.24, 2.45) is 0 Å². The van der Waals surface area contributed by atoms with E-state index in [0.29, 0.717) is 23.2 Å². The molecule has 200 valence electrons. The predicted octanol–water partition coefficient (Wildman–Crippen LogP) is 6.64. The number of fused-ring (bicyclic) bond motifs is 1. The lowest BCUT2D eigenvalue weighted by Gasteiger charge is -2.28. The van der Waals surface area contributed by atoms with Crippen LogP contribution in [-0.4, -0.2) is 34.0 Å². The molecule has 1 aliphatic heterocycles. The first-order valence-electron chi connectivity index (χ1n) is 12.9. The van der Waals surface area contributed by atoms with Crippen LogP contribution in [0.15, 0.2) is 65.1 Å². The smallest absolute Gasteiger partial charge is 0.293 e. The first-order valence-corrected chi connectivity index (χ1v) is 13.4. The van der Waals surface area contributed by atoms with Crippen molar-refractivity contribution in [3.8, 4) is 11.5 Å². The number of carbonyl (C=O) groups excluding carboxylic acids is 1. The van der Waals surface area contributed by atoms with Crippen LogP contribution in [0.5, 0.6) is 0 Å². The van der Waals surface area contributed by atoms with E-state index in [4.69, 9.17) is 16.6 Å². The molecule has 0 bridgehead atoms. The second kappa shape index (κ2) is 11.2. The molecule has 2 heterocycles. The number of piperidine rings is 1. The largest absolute Gasteiger partial charge is 0.436 e. The van der Waals surface area contributed by atoms with Gasteiger partial charge in [0.05, 0.1) is 4.92 Å². The number of nitrogens with zero attached hydrogens (tertiary/aromatic N) is 3. The van der Waals surface area contributed by atoms with Gasteiger partial charge >= 0.3 is 0 Å². The number of thiocarbonyl (C=S) groups is 1. The number of hydrogen-bond acceptors (Lipinski definition) is 7. The summed E-state index contributed by atoms with van der Waals surface area (Å²) in [5.74, 6) is 0.394. The molecule has 0 saturated carbocycles. The van der Waals surface area contributed by atoms with Crippen molar-refractivity contribution in [3.05, 3.63) is 81.9 Å². The molecule has 9 nitrogen and oxygen atoms in total. The predicted molar refractivity (Wildman–Crippen MR) is 156 cm³/mol. The second-order valence-electron chi connectivity index (χ2n) is 9.89. The van der Waals surface area contributed by atoms with Crippen molar-refractivity contribution >= 4 is 51.4 Å². The van der Waals surface area contributed by atoms with E-state index < -0.39 is 10.8 Å². The zero-order valence-electron chi connectivity index (χ0n) is 21.8. The molecule has 0 aliphatic carbocycles. The Morgan fingerprint density at radius 2 is 1.79 bits per heavy atom. The third kappa shape index (κ3) is 5.91. The van der Waals surface area contributed by atoms with Gasteiger partial charge in [-0.05, 0) is 91.5 Å². The van der Waals surface area contributed by atoms with E-state index in [1.807, 2.05) is 35.2 Å². The highest BCUT2D eigenvalue weighted by molar-refractivity contribution is 7.80. The lowest BCUT2D eigenvalue weighted by Crippen LogP contribution is -2.34. The van der Waals surface area contributed by atoms with Gasteiger partial charge in [0.15, 0.2) is 10.7 Å². The molecule has 0 spiro atoms. The van der Waals surface area contributed by atoms with Gasteiger partial charge in [-0.25, -0.2) is 4.98 Å². The number of anilines is 2. The molecule has 2 N–H and O–H groups in total. The third-order valence-electron chi connectivity index (χ3n) is 6.83. The highest BCUT2D eigenvalue weighted by Crippen LogP contribution is 2.31. The second-order valence-corrected chi connectivity index (χ2v) is 10.3. The number of nitro benzene ring substituents is 1. The van der Waals surface area contributed by atoms with Crippen LogP contribution in [0.25, 0.3) is 22.6 Å². The van der Waals surface area contributed by atoms with Gasteiger partial charge in [0.2, 0.25) is 5.89 Å². The van der Waals surface area contributed by atoms with Crippen LogP contribution in [0, 0.1) is 10.1 Å². The summed E-state index contributed by atoms with van der Waals surface area (Å²) in [6, 6.07) is 17.9. The Labute approximate surface area is 231 Å². The molecule has 1 saturated heterocycles. The number of aromatic nitrogens is 1. The zero-order valence-corrected chi connectivity index (χ0v) is 22.6. The molecule has 1 amide bonds. The topological polar surface area (TPSA) is 114 Å². The number of oxazole rings is 1. The highest BCUT2D eigenvalue weighted by Gasteiger charge is 2.23. The van der Waals surface area contributed by atoms with Crippen LogP contribution in [-0.2, 0) is 0 Å². The maximum atomic E-state index is 12.8. The first kappa shape index (κ1) is 26.3. The van der Waals surface area contributed by atoms with Crippen LogP contribution in [0.4, 0.5) is 17.1 Å². The molecule has 5 rings (SSSR count). The monoisotopic (exact) mass is 543 g/mol. The van der Waals surface area contributed by atoms with Crippen molar-refractivity contribution in [2.75, 3.05) is 23.3 Å². The Hall–Kier alpha value is -4.31. The van der Waals surface area contributed by atoms with Gasteiger partial charge in [0.1, 0.15) is 11.2 Å². The van der Waals surface area contributed by atoms with E-state index in [1.165, 1.54) is 11.6 Å². The van der Waals surface area contributed by atoms with E-state index in [-0.39, 0.29) is 16.4 Å². The molecule has 0 unspecified atom stereocenters. The summed E-state index contributed by atoms with van der Waals surface area (Å²) in [7, 11) is 0. The van der Waals surface area contributed by atoms with Crippen LogP contribution in [0.3, 0.4) is 0 Å². The number of benzene rings is 3. The van der Waals surface area contributed by atoms with Gasteiger partial charge in [0, 0.05) is 36.0 Å². The van der Waals surface area contributed by atoms with Crippen molar-refractivity contribution in [1.29, 1.82) is 0 Å². The van der Waals surface area contributed by atoms with Crippen molar-refractivity contribution < 1.29 is 14.1 Å². The molecule has 39 heavy (non-hydrogen) atoms. The number of nitro groups is 1. The Bertz CT molecular complexity index is 1540. The summed E-state index contributed by atoms with van der Waals surface area (Å²) in [6.45, 7) is 5.81. The molecule has 10 heteroatoms. The van der Waals surface area contributed by atoms with Gasteiger partial charge < -0.3 is 14.6 Å². The molecule has 0 radical (unpaired) electrons. The summed E-state index contributed by atoms with van der Waals surface area (Å²) < 4.78 is 5.92. The van der Waals surface area contributed by atoms with E-state index >= 15 is 0 Å². The Kier molecular flexibility index (Phi) is 7.56. The number of nitrogens with one attached hydrogen (secondary N) is 2. The first-order chi connectivity index (χ1) is 18.8. The van der Waals surface area contributed by atoms with E-state index in [1.54, 1.807) is 24.3 Å². The zero-order chi connectivity index (χ0) is 27.5. The fraction of sp³-hybridized carbons (Fsp3) is 0.276. The summed E-state index contributed by atoms with van der Waals surface area (Å²) in [5, 5.41) is 17.4. The van der Waals surface area contributed by atoms with Gasteiger partial charge in [-0.3, -0.25) is 20.2 Å². The quantitative estimate of drug-likeness (QED) is 0.158. The average molecular weight is 544 g/mol. The van der Waals surface area contributed by atoms with Gasteiger partial charge in [0.25, 0.3) is 11.6 Å². The molecule has 0 atom stereocenters. The van der Waals surface area contributed by atoms with E-state index in [2.05, 4.69) is 29.5 Å². The average Bonchev–Trinajstić information content (AvgIpc) is 3.37. The Balaban J connectivity index is 1.24.